The van der Waals surface area contributed by atoms with Crippen molar-refractivity contribution in [2.45, 2.75) is 0 Å². The number of phenolic OH excluding ortho intramolecular Hbond substituents is 2. The molecular weight excluding hydrogens is 200 g/mol. The third-order valence-corrected chi connectivity index (χ3v) is 1.75. The van der Waals surface area contributed by atoms with Crippen molar-refractivity contribution in [3.8, 4) is 17.2 Å². The van der Waals surface area contributed by atoms with Crippen molar-refractivity contribution in [2.24, 2.45) is 0 Å². The largest absolute Gasteiger partial charge is 0.504 e. The molecule has 0 radical (unpaired) electrons. The molecule has 0 aliphatic rings. The van der Waals surface area contributed by atoms with Gasteiger partial charge in [0.1, 0.15) is 0 Å². The molecule has 0 unspecified atom stereocenters. The molecule has 3 N–H and O–H groups in total. The zero-order chi connectivity index (χ0) is 11.4. The average molecular weight is 210 g/mol. The molecule has 0 spiro atoms. The summed E-state index contributed by atoms with van der Waals surface area (Å²) in [6.07, 6.45) is 2.09. The topological polar surface area (TPSA) is 87.0 Å². The lowest BCUT2D eigenvalue weighted by Gasteiger charge is -2.07. The summed E-state index contributed by atoms with van der Waals surface area (Å²) in [6, 6.07) is 2.69. The van der Waals surface area contributed by atoms with Gasteiger partial charge in [0.15, 0.2) is 11.5 Å². The minimum atomic E-state index is -1.12. The fraction of sp³-hybridized carbons (Fsp3) is 0.100. The van der Waals surface area contributed by atoms with Crippen LogP contribution in [0.3, 0.4) is 0 Å². The fourth-order valence-corrected chi connectivity index (χ4v) is 1.07. The standard InChI is InChI=1S/C10H10O5/c1-15-10-7(11)4-2-6(9(10)14)3-5-8(12)13/h2-5,11,14H,1H3,(H,12,13)/b5-3+. The zero-order valence-corrected chi connectivity index (χ0v) is 7.97. The van der Waals surface area contributed by atoms with Gasteiger partial charge in [-0.05, 0) is 18.2 Å². The van der Waals surface area contributed by atoms with Crippen molar-refractivity contribution in [3.05, 3.63) is 23.8 Å². The van der Waals surface area contributed by atoms with E-state index in [0.717, 1.165) is 6.08 Å². The van der Waals surface area contributed by atoms with E-state index in [1.807, 2.05) is 0 Å². The van der Waals surface area contributed by atoms with E-state index in [1.165, 1.54) is 25.3 Å². The number of rotatable bonds is 3. The van der Waals surface area contributed by atoms with Gasteiger partial charge in [-0.15, -0.1) is 0 Å². The lowest BCUT2D eigenvalue weighted by molar-refractivity contribution is -0.131. The number of aromatic hydroxyl groups is 2. The molecule has 0 heterocycles. The van der Waals surface area contributed by atoms with E-state index in [4.69, 9.17) is 9.84 Å². The first-order valence-corrected chi connectivity index (χ1v) is 4.06. The van der Waals surface area contributed by atoms with Gasteiger partial charge in [0.25, 0.3) is 0 Å². The van der Waals surface area contributed by atoms with Crippen LogP contribution in [0.2, 0.25) is 0 Å². The van der Waals surface area contributed by atoms with E-state index in [2.05, 4.69) is 0 Å². The summed E-state index contributed by atoms with van der Waals surface area (Å²) < 4.78 is 4.74. The maximum atomic E-state index is 10.3. The highest BCUT2D eigenvalue weighted by Crippen LogP contribution is 2.38. The molecular formula is C10H10O5. The highest BCUT2D eigenvalue weighted by Gasteiger charge is 2.10. The van der Waals surface area contributed by atoms with E-state index < -0.39 is 5.97 Å². The van der Waals surface area contributed by atoms with Crippen LogP contribution in [0.1, 0.15) is 5.56 Å². The van der Waals surface area contributed by atoms with Crippen LogP contribution in [-0.4, -0.2) is 28.4 Å². The summed E-state index contributed by atoms with van der Waals surface area (Å²) >= 11 is 0. The Kier molecular flexibility index (Phi) is 3.17. The minimum absolute atomic E-state index is 0.0810. The summed E-state index contributed by atoms with van der Waals surface area (Å²) in [5.41, 5.74) is 0.257. The van der Waals surface area contributed by atoms with Gasteiger partial charge >= 0.3 is 5.97 Å². The summed E-state index contributed by atoms with van der Waals surface area (Å²) in [7, 11) is 1.29. The Balaban J connectivity index is 3.16. The Labute approximate surface area is 85.9 Å². The average Bonchev–Trinajstić information content (AvgIpc) is 2.17. The number of carboxylic acid groups (broad SMARTS) is 1. The van der Waals surface area contributed by atoms with Crippen molar-refractivity contribution >= 4 is 12.0 Å². The van der Waals surface area contributed by atoms with E-state index >= 15 is 0 Å². The molecule has 0 saturated carbocycles. The van der Waals surface area contributed by atoms with Crippen molar-refractivity contribution in [2.75, 3.05) is 7.11 Å². The predicted molar refractivity (Wildman–Crippen MR) is 53.0 cm³/mol. The summed E-state index contributed by atoms with van der Waals surface area (Å²) in [6.45, 7) is 0. The van der Waals surface area contributed by atoms with Crippen LogP contribution in [0.5, 0.6) is 17.2 Å². The Bertz CT molecular complexity index is 409. The molecule has 1 aromatic rings. The van der Waals surface area contributed by atoms with Gasteiger partial charge in [-0.25, -0.2) is 4.79 Å². The van der Waals surface area contributed by atoms with Gasteiger partial charge in [-0.2, -0.15) is 0 Å². The molecule has 15 heavy (non-hydrogen) atoms. The molecule has 0 bridgehead atoms. The number of hydrogen-bond donors (Lipinski definition) is 3. The molecule has 5 nitrogen and oxygen atoms in total. The number of carbonyl (C=O) groups is 1. The normalized spacial score (nSPS) is 10.5. The van der Waals surface area contributed by atoms with Crippen molar-refractivity contribution < 1.29 is 24.9 Å². The van der Waals surface area contributed by atoms with Crippen LogP contribution in [0, 0.1) is 0 Å². The molecule has 1 aromatic carbocycles. The smallest absolute Gasteiger partial charge is 0.328 e. The summed E-state index contributed by atoms with van der Waals surface area (Å²) in [5.74, 6) is -1.71. The van der Waals surface area contributed by atoms with Gasteiger partial charge in [0, 0.05) is 11.6 Å². The number of phenols is 2. The monoisotopic (exact) mass is 210 g/mol. The van der Waals surface area contributed by atoms with E-state index in [0.29, 0.717) is 0 Å². The Morgan fingerprint density at radius 3 is 2.60 bits per heavy atom. The summed E-state index contributed by atoms with van der Waals surface area (Å²) in [5, 5.41) is 27.2. The zero-order valence-electron chi connectivity index (χ0n) is 7.97. The van der Waals surface area contributed by atoms with Crippen LogP contribution >= 0.6 is 0 Å². The molecule has 0 aliphatic heterocycles. The second-order valence-corrected chi connectivity index (χ2v) is 2.73. The molecule has 80 valence electrons. The van der Waals surface area contributed by atoms with E-state index in [9.17, 15) is 15.0 Å². The number of methoxy groups -OCH3 is 1. The lowest BCUT2D eigenvalue weighted by Crippen LogP contribution is -1.88. The van der Waals surface area contributed by atoms with Gasteiger partial charge < -0.3 is 20.1 Å². The number of ether oxygens (including phenoxy) is 1. The molecule has 1 rings (SSSR count). The number of benzene rings is 1. The molecule has 0 saturated heterocycles. The highest BCUT2D eigenvalue weighted by molar-refractivity contribution is 5.86. The Hall–Kier alpha value is -2.17. The number of carboxylic acids is 1. The lowest BCUT2D eigenvalue weighted by atomic mass is 10.1. The first-order chi connectivity index (χ1) is 7.06. The Morgan fingerprint density at radius 2 is 2.07 bits per heavy atom. The predicted octanol–water partition coefficient (Wildman–Crippen LogP) is 1.20. The van der Waals surface area contributed by atoms with Gasteiger partial charge in [-0.3, -0.25) is 0 Å². The van der Waals surface area contributed by atoms with E-state index in [1.54, 1.807) is 0 Å². The van der Waals surface area contributed by atoms with Crippen LogP contribution < -0.4 is 4.74 Å². The van der Waals surface area contributed by atoms with Crippen molar-refractivity contribution in [3.63, 3.8) is 0 Å². The fourth-order valence-electron chi connectivity index (χ4n) is 1.07. The molecule has 0 aliphatic carbocycles. The first kappa shape index (κ1) is 10.9. The maximum Gasteiger partial charge on any atom is 0.328 e. The number of aliphatic carboxylic acids is 1. The molecule has 0 aromatic heterocycles. The quantitative estimate of drug-likeness (QED) is 0.652. The maximum absolute atomic E-state index is 10.3. The van der Waals surface area contributed by atoms with Gasteiger partial charge in [0.05, 0.1) is 7.11 Å². The second-order valence-electron chi connectivity index (χ2n) is 2.73. The van der Waals surface area contributed by atoms with Crippen molar-refractivity contribution in [1.29, 1.82) is 0 Å². The first-order valence-electron chi connectivity index (χ1n) is 4.06. The second kappa shape index (κ2) is 4.36. The Morgan fingerprint density at radius 1 is 1.40 bits per heavy atom. The molecule has 0 fully saturated rings. The van der Waals surface area contributed by atoms with Crippen molar-refractivity contribution in [1.82, 2.24) is 0 Å². The van der Waals surface area contributed by atoms with Crippen LogP contribution in [-0.2, 0) is 4.79 Å². The molecule has 0 atom stereocenters. The van der Waals surface area contributed by atoms with E-state index in [-0.39, 0.29) is 22.8 Å². The van der Waals surface area contributed by atoms with Crippen LogP contribution in [0.15, 0.2) is 18.2 Å². The summed E-state index contributed by atoms with van der Waals surface area (Å²) in [4.78, 5) is 10.3. The van der Waals surface area contributed by atoms with Gasteiger partial charge in [-0.1, -0.05) is 0 Å². The van der Waals surface area contributed by atoms with Crippen LogP contribution in [0.25, 0.3) is 6.08 Å². The molecule has 5 heteroatoms. The number of hydrogen-bond acceptors (Lipinski definition) is 4. The minimum Gasteiger partial charge on any atom is -0.504 e. The third-order valence-electron chi connectivity index (χ3n) is 1.75. The third kappa shape index (κ3) is 2.40. The van der Waals surface area contributed by atoms with Crippen LogP contribution in [0.4, 0.5) is 0 Å². The SMILES string of the molecule is COc1c(O)ccc(/C=C/C(=O)O)c1O. The van der Waals surface area contributed by atoms with Gasteiger partial charge in [0.2, 0.25) is 5.75 Å². The molecule has 0 amide bonds. The highest BCUT2D eigenvalue weighted by atomic mass is 16.5.